The Morgan fingerprint density at radius 3 is 2.48 bits per heavy atom. The number of carbonyl (C=O) groups is 1. The minimum Gasteiger partial charge on any atom is -0.444 e. The molecular weight excluding hydrogens is 647 g/mol. The van der Waals surface area contributed by atoms with Gasteiger partial charge in [0.2, 0.25) is 0 Å². The number of aromatic nitrogens is 2. The Kier molecular flexibility index (Phi) is 9.93. The zero-order valence-corrected chi connectivity index (χ0v) is 32.1. The van der Waals surface area contributed by atoms with E-state index < -0.39 is 25.3 Å². The number of likely N-dealkylation sites (tertiary alicyclic amines) is 2. The van der Waals surface area contributed by atoms with Crippen LogP contribution in [0.25, 0.3) is 0 Å². The van der Waals surface area contributed by atoms with Crippen LogP contribution >= 0.6 is 0 Å². The summed E-state index contributed by atoms with van der Waals surface area (Å²) >= 11 is 0. The van der Waals surface area contributed by atoms with E-state index in [1.807, 2.05) is 86.1 Å². The predicted molar refractivity (Wildman–Crippen MR) is 200 cm³/mol. The van der Waals surface area contributed by atoms with Crippen molar-refractivity contribution in [2.45, 2.75) is 104 Å². The van der Waals surface area contributed by atoms with Gasteiger partial charge in [0.15, 0.2) is 0 Å². The maximum absolute atomic E-state index is 12.9. The number of benzene rings is 1. The van der Waals surface area contributed by atoms with E-state index in [4.69, 9.17) is 24.6 Å². The molecule has 1 spiro atoms. The van der Waals surface area contributed by atoms with Gasteiger partial charge in [-0.25, -0.2) is 14.5 Å². The van der Waals surface area contributed by atoms with Crippen molar-refractivity contribution in [2.75, 3.05) is 32.8 Å². The molecule has 50 heavy (non-hydrogen) atoms. The molecule has 4 aliphatic rings. The third-order valence-electron chi connectivity index (χ3n) is 10.2. The number of piperidine rings is 1. The third-order valence-corrected chi connectivity index (χ3v) is 11.9. The van der Waals surface area contributed by atoms with Gasteiger partial charge in [0.05, 0.1) is 17.0 Å². The number of rotatable bonds is 9. The molecule has 2 unspecified atom stereocenters. The lowest BCUT2D eigenvalue weighted by atomic mass is 9.77. The summed E-state index contributed by atoms with van der Waals surface area (Å²) in [5.41, 5.74) is 3.02. The van der Waals surface area contributed by atoms with Crippen LogP contribution in [0.3, 0.4) is 0 Å². The summed E-state index contributed by atoms with van der Waals surface area (Å²) in [4.78, 5) is 27.3. The molecule has 12 heteroatoms. The molecule has 1 aromatic carbocycles. The van der Waals surface area contributed by atoms with Gasteiger partial charge in [0.1, 0.15) is 35.6 Å². The number of aliphatic hydroxyl groups excluding tert-OH is 1. The number of amides is 1. The van der Waals surface area contributed by atoms with Gasteiger partial charge < -0.3 is 29.7 Å². The molecule has 2 N–H and O–H groups in total. The Balaban J connectivity index is 1.28. The fourth-order valence-corrected chi connectivity index (χ4v) is 7.90. The predicted octanol–water partition coefficient (Wildman–Crippen LogP) is 6.25. The van der Waals surface area contributed by atoms with Gasteiger partial charge in [-0.05, 0) is 77.0 Å². The summed E-state index contributed by atoms with van der Waals surface area (Å²) in [6.45, 7) is 21.1. The van der Waals surface area contributed by atoms with Gasteiger partial charge in [-0.15, -0.1) is 0 Å². The number of hydrogen-bond donors (Lipinski definition) is 2. The van der Waals surface area contributed by atoms with Crippen LogP contribution < -0.4 is 5.32 Å². The molecule has 0 saturated carbocycles. The van der Waals surface area contributed by atoms with Crippen molar-refractivity contribution in [1.29, 1.82) is 0 Å². The number of fused-ring (bicyclic) bond motifs is 1. The molecule has 5 heterocycles. The Bertz CT molecular complexity index is 1690. The number of aryl methyl sites for hydroxylation is 1. The normalized spacial score (nSPS) is 22.7. The number of aliphatic hydroxyl groups is 1. The van der Waals surface area contributed by atoms with Crippen LogP contribution in [-0.4, -0.2) is 94.8 Å². The first-order valence-electron chi connectivity index (χ1n) is 18.0. The van der Waals surface area contributed by atoms with Crippen LogP contribution in [0.1, 0.15) is 69.9 Å². The van der Waals surface area contributed by atoms with Crippen LogP contribution in [0.4, 0.5) is 4.79 Å². The molecule has 2 fully saturated rings. The lowest BCUT2D eigenvalue weighted by Gasteiger charge is -2.44. The van der Waals surface area contributed by atoms with Crippen molar-refractivity contribution in [3.8, 4) is 0 Å². The molecule has 0 aliphatic carbocycles. The summed E-state index contributed by atoms with van der Waals surface area (Å²) in [5.74, 6) is 1.61. The van der Waals surface area contributed by atoms with Gasteiger partial charge >= 0.3 is 6.09 Å². The SMILES string of the molecule is Cc1nn(COCC[Si](C)(C)C)cc1C1=NC(N2CCC3(CCN(C(=O)OC(C)(C)C)C3)CC2)=C2C=C(C(O)c3ccccc3)N=CC2(C)N1. The minimum absolute atomic E-state index is 0.0626. The van der Waals surface area contributed by atoms with Crippen molar-refractivity contribution < 1.29 is 19.4 Å². The van der Waals surface area contributed by atoms with Crippen LogP contribution in [0.15, 0.2) is 69.7 Å². The minimum atomic E-state index is -1.19. The zero-order valence-electron chi connectivity index (χ0n) is 31.1. The lowest BCUT2D eigenvalue weighted by molar-refractivity contribution is 0.0252. The van der Waals surface area contributed by atoms with Crippen molar-refractivity contribution in [3.63, 3.8) is 0 Å². The van der Waals surface area contributed by atoms with Crippen LogP contribution in [0.2, 0.25) is 25.7 Å². The molecular formula is C38H55N7O4Si. The number of amidine groups is 1. The summed E-state index contributed by atoms with van der Waals surface area (Å²) in [6.07, 6.45) is 7.70. The number of nitrogens with one attached hydrogen (secondary N) is 1. The Labute approximate surface area is 298 Å². The van der Waals surface area contributed by atoms with E-state index in [2.05, 4.69) is 36.8 Å². The number of hydrogen-bond acceptors (Lipinski definition) is 9. The quantitative estimate of drug-likeness (QED) is 0.235. The molecule has 11 nitrogen and oxygen atoms in total. The van der Waals surface area contributed by atoms with Crippen molar-refractivity contribution in [1.82, 2.24) is 24.9 Å². The molecule has 0 radical (unpaired) electrons. The van der Waals surface area contributed by atoms with E-state index in [9.17, 15) is 9.90 Å². The van der Waals surface area contributed by atoms with Crippen LogP contribution in [0, 0.1) is 12.3 Å². The molecule has 270 valence electrons. The monoisotopic (exact) mass is 701 g/mol. The topological polar surface area (TPSA) is 117 Å². The van der Waals surface area contributed by atoms with Crippen LogP contribution in [0.5, 0.6) is 0 Å². The molecule has 1 amide bonds. The van der Waals surface area contributed by atoms with Gasteiger partial charge in [0.25, 0.3) is 0 Å². The Hall–Kier alpha value is -3.74. The standard InChI is InChI=1S/C38H55N7O4Si/c1-27-29(23-45(42-27)26-48-20-21-50(6,7)8)33-40-34(30-22-31(39-24-37(30,5)41-33)32(46)28-12-10-9-11-13-28)43-17-14-38(15-18-43)16-19-44(25-38)35(47)49-36(2,3)4/h9-13,22-24,32,46H,14-21,25-26H2,1-8H3,(H,40,41). The maximum Gasteiger partial charge on any atom is 0.410 e. The van der Waals surface area contributed by atoms with Gasteiger partial charge in [0, 0.05) is 58.8 Å². The van der Waals surface area contributed by atoms with E-state index in [0.717, 1.165) is 85.6 Å². The first-order chi connectivity index (χ1) is 23.5. The number of nitrogens with zero attached hydrogens (tertiary/aromatic N) is 6. The highest BCUT2D eigenvalue weighted by Crippen LogP contribution is 2.43. The molecule has 2 saturated heterocycles. The summed E-state index contributed by atoms with van der Waals surface area (Å²) in [5, 5.41) is 19.8. The molecule has 0 bridgehead atoms. The summed E-state index contributed by atoms with van der Waals surface area (Å²) < 4.78 is 13.6. The van der Waals surface area contributed by atoms with Crippen molar-refractivity contribution >= 4 is 26.2 Å². The average Bonchev–Trinajstić information content (AvgIpc) is 3.64. The first-order valence-corrected chi connectivity index (χ1v) is 21.7. The first kappa shape index (κ1) is 36.1. The molecule has 2 aromatic rings. The van der Waals surface area contributed by atoms with E-state index >= 15 is 0 Å². The Morgan fingerprint density at radius 1 is 1.10 bits per heavy atom. The highest BCUT2D eigenvalue weighted by molar-refractivity contribution is 6.76. The van der Waals surface area contributed by atoms with Crippen molar-refractivity contribution in [2.24, 2.45) is 15.4 Å². The fourth-order valence-electron chi connectivity index (χ4n) is 7.14. The molecule has 1 aromatic heterocycles. The van der Waals surface area contributed by atoms with E-state index in [0.29, 0.717) is 19.0 Å². The second kappa shape index (κ2) is 13.8. The fraction of sp³-hybridized carbons (Fsp3) is 0.579. The summed E-state index contributed by atoms with van der Waals surface area (Å²) in [6, 6.07) is 10.7. The van der Waals surface area contributed by atoms with Gasteiger partial charge in [-0.1, -0.05) is 50.0 Å². The third kappa shape index (κ3) is 8.08. The Morgan fingerprint density at radius 2 is 1.80 bits per heavy atom. The van der Waals surface area contributed by atoms with E-state index in [-0.39, 0.29) is 11.5 Å². The average molecular weight is 702 g/mol. The highest BCUT2D eigenvalue weighted by Gasteiger charge is 2.45. The second-order valence-electron chi connectivity index (χ2n) is 16.8. The molecule has 2 atom stereocenters. The highest BCUT2D eigenvalue weighted by atomic mass is 28.3. The van der Waals surface area contributed by atoms with Crippen molar-refractivity contribution in [3.05, 3.63) is 76.5 Å². The number of aliphatic imine (C=N–C) groups is 2. The number of ether oxygens (including phenoxy) is 2. The van der Waals surface area contributed by atoms with Crippen LogP contribution in [-0.2, 0) is 16.2 Å². The largest absolute Gasteiger partial charge is 0.444 e. The number of carbonyl (C=O) groups excluding carboxylic acids is 1. The lowest BCUT2D eigenvalue weighted by Crippen LogP contribution is -2.54. The second-order valence-corrected chi connectivity index (χ2v) is 22.4. The van der Waals surface area contributed by atoms with Gasteiger partial charge in [-0.3, -0.25) is 4.99 Å². The maximum atomic E-state index is 12.9. The smallest absolute Gasteiger partial charge is 0.410 e. The molecule has 6 rings (SSSR count). The van der Waals surface area contributed by atoms with E-state index in [1.165, 1.54) is 0 Å². The zero-order chi connectivity index (χ0) is 35.9. The van der Waals surface area contributed by atoms with E-state index in [1.54, 1.807) is 0 Å². The van der Waals surface area contributed by atoms with Gasteiger partial charge in [-0.2, -0.15) is 5.10 Å². The molecule has 4 aliphatic heterocycles. The summed E-state index contributed by atoms with van der Waals surface area (Å²) in [7, 11) is -1.19.